The van der Waals surface area contributed by atoms with Crippen LogP contribution in [-0.4, -0.2) is 19.9 Å². The van der Waals surface area contributed by atoms with E-state index in [1.54, 1.807) is 12.1 Å². The van der Waals surface area contributed by atoms with Crippen molar-refractivity contribution in [2.75, 3.05) is 19.9 Å². The van der Waals surface area contributed by atoms with Crippen LogP contribution in [0.2, 0.25) is 0 Å². The molecule has 0 amide bonds. The van der Waals surface area contributed by atoms with E-state index in [2.05, 4.69) is 6.07 Å². The molecule has 0 aliphatic rings. The van der Waals surface area contributed by atoms with Crippen LogP contribution < -0.4 is 4.74 Å². The zero-order chi connectivity index (χ0) is 13.4. The second-order valence-corrected chi connectivity index (χ2v) is 4.67. The van der Waals surface area contributed by atoms with Crippen molar-refractivity contribution in [2.45, 2.75) is 20.5 Å². The van der Waals surface area contributed by atoms with Crippen molar-refractivity contribution in [3.8, 4) is 11.8 Å². The average Bonchev–Trinajstić information content (AvgIpc) is 2.38. The van der Waals surface area contributed by atoms with E-state index >= 15 is 0 Å². The number of hydrogen-bond acceptors (Lipinski definition) is 3. The van der Waals surface area contributed by atoms with Crippen molar-refractivity contribution in [3.63, 3.8) is 0 Å². The third-order valence-electron chi connectivity index (χ3n) is 2.30. The lowest BCUT2D eigenvalue weighted by atomic mass is 9.98. The Morgan fingerprint density at radius 3 is 2.50 bits per heavy atom. The van der Waals surface area contributed by atoms with Gasteiger partial charge in [0.05, 0.1) is 24.7 Å². The number of alkyl halides is 1. The van der Waals surface area contributed by atoms with Crippen molar-refractivity contribution < 1.29 is 13.9 Å². The summed E-state index contributed by atoms with van der Waals surface area (Å²) in [7, 11) is 0. The topological polar surface area (TPSA) is 42.2 Å². The third-order valence-corrected chi connectivity index (χ3v) is 2.30. The molecule has 98 valence electrons. The van der Waals surface area contributed by atoms with Gasteiger partial charge in [-0.2, -0.15) is 5.26 Å². The molecule has 0 bridgehead atoms. The van der Waals surface area contributed by atoms with Crippen molar-refractivity contribution in [1.29, 1.82) is 5.26 Å². The van der Waals surface area contributed by atoms with Crippen molar-refractivity contribution in [3.05, 3.63) is 29.8 Å². The first-order chi connectivity index (χ1) is 8.57. The summed E-state index contributed by atoms with van der Waals surface area (Å²) in [5.41, 5.74) is 0.529. The maximum absolute atomic E-state index is 11.9. The second-order valence-electron chi connectivity index (χ2n) is 4.67. The Hall–Kier alpha value is -1.60. The fraction of sp³-hybridized carbons (Fsp3) is 0.500. The van der Waals surface area contributed by atoms with E-state index in [1.165, 1.54) is 0 Å². The van der Waals surface area contributed by atoms with Gasteiger partial charge in [0, 0.05) is 0 Å². The van der Waals surface area contributed by atoms with Crippen molar-refractivity contribution >= 4 is 0 Å². The van der Waals surface area contributed by atoms with Crippen LogP contribution >= 0.6 is 0 Å². The number of hydrogen-bond donors (Lipinski definition) is 0. The molecule has 1 aromatic carbocycles. The van der Waals surface area contributed by atoms with Gasteiger partial charge in [0.15, 0.2) is 0 Å². The molecular formula is C14H18FNO2. The summed E-state index contributed by atoms with van der Waals surface area (Å²) in [6, 6.07) is 9.48. The highest BCUT2D eigenvalue weighted by Gasteiger charge is 2.16. The summed E-state index contributed by atoms with van der Waals surface area (Å²) in [4.78, 5) is 0. The van der Waals surface area contributed by atoms with Gasteiger partial charge in [0.1, 0.15) is 19.0 Å². The van der Waals surface area contributed by atoms with Gasteiger partial charge < -0.3 is 9.47 Å². The summed E-state index contributed by atoms with van der Waals surface area (Å²) in [5, 5.41) is 8.83. The van der Waals surface area contributed by atoms with Gasteiger partial charge in [-0.1, -0.05) is 12.1 Å². The van der Waals surface area contributed by atoms with Crippen molar-refractivity contribution in [2.24, 2.45) is 5.41 Å². The van der Waals surface area contributed by atoms with E-state index in [1.807, 2.05) is 26.0 Å². The number of rotatable bonds is 7. The minimum atomic E-state index is -0.492. The Labute approximate surface area is 107 Å². The Kier molecular flexibility index (Phi) is 5.60. The van der Waals surface area contributed by atoms with Crippen LogP contribution in [0.5, 0.6) is 5.75 Å². The zero-order valence-corrected chi connectivity index (χ0v) is 10.8. The summed E-state index contributed by atoms with van der Waals surface area (Å²) >= 11 is 0. The van der Waals surface area contributed by atoms with Gasteiger partial charge in [0.2, 0.25) is 0 Å². The Balaban J connectivity index is 2.38. The second kappa shape index (κ2) is 6.97. The average molecular weight is 251 g/mol. The zero-order valence-electron chi connectivity index (χ0n) is 10.8. The van der Waals surface area contributed by atoms with Gasteiger partial charge in [0.25, 0.3) is 0 Å². The SMILES string of the molecule is CC(C)(C#N)COCc1ccc(OCCF)cc1. The molecule has 0 N–H and O–H groups in total. The fourth-order valence-corrected chi connectivity index (χ4v) is 1.29. The minimum Gasteiger partial charge on any atom is -0.491 e. The van der Waals surface area contributed by atoms with Gasteiger partial charge in [-0.3, -0.25) is 0 Å². The van der Waals surface area contributed by atoms with Crippen molar-refractivity contribution in [1.82, 2.24) is 0 Å². The maximum Gasteiger partial charge on any atom is 0.123 e. The van der Waals surface area contributed by atoms with E-state index in [-0.39, 0.29) is 6.61 Å². The summed E-state index contributed by atoms with van der Waals surface area (Å²) < 4.78 is 22.5. The fourth-order valence-electron chi connectivity index (χ4n) is 1.29. The van der Waals surface area contributed by atoms with Gasteiger partial charge in [-0.15, -0.1) is 0 Å². The standard InChI is InChI=1S/C14H18FNO2/c1-14(2,10-16)11-17-9-12-3-5-13(6-4-12)18-8-7-15/h3-6H,7-9,11H2,1-2H3. The molecule has 0 atom stereocenters. The summed E-state index contributed by atoms with van der Waals surface area (Å²) in [5.74, 6) is 0.647. The van der Waals surface area contributed by atoms with E-state index in [0.29, 0.717) is 19.0 Å². The molecule has 3 nitrogen and oxygen atoms in total. The van der Waals surface area contributed by atoms with E-state index in [9.17, 15) is 4.39 Å². The monoisotopic (exact) mass is 251 g/mol. The number of halogens is 1. The number of ether oxygens (including phenoxy) is 2. The van der Waals surface area contributed by atoms with Crippen LogP contribution in [0.15, 0.2) is 24.3 Å². The quantitative estimate of drug-likeness (QED) is 0.747. The summed E-state index contributed by atoms with van der Waals surface area (Å²) in [6.07, 6.45) is 0. The molecule has 18 heavy (non-hydrogen) atoms. The van der Waals surface area contributed by atoms with Crippen LogP contribution in [0.1, 0.15) is 19.4 Å². The lowest BCUT2D eigenvalue weighted by Gasteiger charge is -2.15. The maximum atomic E-state index is 11.9. The van der Waals surface area contributed by atoms with Crippen LogP contribution in [0.4, 0.5) is 4.39 Å². The Bertz CT molecular complexity index is 395. The highest BCUT2D eigenvalue weighted by atomic mass is 19.1. The number of nitrogens with zero attached hydrogens (tertiary/aromatic N) is 1. The first-order valence-corrected chi connectivity index (χ1v) is 5.84. The molecule has 1 rings (SSSR count). The first-order valence-electron chi connectivity index (χ1n) is 5.84. The van der Waals surface area contributed by atoms with E-state index < -0.39 is 12.1 Å². The highest BCUT2D eigenvalue weighted by molar-refractivity contribution is 5.26. The molecule has 0 aromatic heterocycles. The van der Waals surface area contributed by atoms with E-state index in [4.69, 9.17) is 14.7 Å². The largest absolute Gasteiger partial charge is 0.491 e. The first kappa shape index (κ1) is 14.5. The highest BCUT2D eigenvalue weighted by Crippen LogP contribution is 2.16. The molecule has 0 fully saturated rings. The molecule has 0 radical (unpaired) electrons. The molecule has 0 heterocycles. The van der Waals surface area contributed by atoms with Crippen LogP contribution in [0.3, 0.4) is 0 Å². The molecule has 1 aromatic rings. The predicted octanol–water partition coefficient (Wildman–Crippen LogP) is 3.10. The number of nitriles is 1. The molecule has 0 aliphatic heterocycles. The third kappa shape index (κ3) is 5.15. The Morgan fingerprint density at radius 2 is 1.94 bits per heavy atom. The lowest BCUT2D eigenvalue weighted by molar-refractivity contribution is 0.0745. The molecule has 0 aliphatic carbocycles. The smallest absolute Gasteiger partial charge is 0.123 e. The summed E-state index contributed by atoms with van der Waals surface area (Å²) in [6.45, 7) is 4.10. The van der Waals surface area contributed by atoms with Gasteiger partial charge in [-0.05, 0) is 31.5 Å². The van der Waals surface area contributed by atoms with E-state index in [0.717, 1.165) is 5.56 Å². The van der Waals surface area contributed by atoms with Gasteiger partial charge in [-0.25, -0.2) is 4.39 Å². The molecule has 0 unspecified atom stereocenters. The molecule has 0 spiro atoms. The predicted molar refractivity (Wildman–Crippen MR) is 67.0 cm³/mol. The number of benzene rings is 1. The minimum absolute atomic E-state index is 0.0756. The Morgan fingerprint density at radius 1 is 1.28 bits per heavy atom. The molecule has 0 saturated heterocycles. The van der Waals surface area contributed by atoms with Crippen LogP contribution in [-0.2, 0) is 11.3 Å². The molecular weight excluding hydrogens is 233 g/mol. The normalized spacial score (nSPS) is 11.0. The molecule has 0 saturated carbocycles. The lowest BCUT2D eigenvalue weighted by Crippen LogP contribution is -2.16. The van der Waals surface area contributed by atoms with Gasteiger partial charge >= 0.3 is 0 Å². The van der Waals surface area contributed by atoms with Crippen LogP contribution in [0.25, 0.3) is 0 Å². The molecule has 4 heteroatoms. The van der Waals surface area contributed by atoms with Crippen LogP contribution in [0, 0.1) is 16.7 Å².